The molecular formula is C26H27ClN2O2S. The molecule has 0 spiro atoms. The van der Waals surface area contributed by atoms with Gasteiger partial charge in [0.05, 0.1) is 0 Å². The van der Waals surface area contributed by atoms with Crippen LogP contribution >= 0.6 is 23.4 Å². The van der Waals surface area contributed by atoms with Crippen LogP contribution < -0.4 is 4.74 Å². The smallest absolute Gasteiger partial charge is 0.269 e. The second-order valence-corrected chi connectivity index (χ2v) is 10.9. The van der Waals surface area contributed by atoms with Crippen molar-refractivity contribution in [1.29, 1.82) is 0 Å². The van der Waals surface area contributed by atoms with Gasteiger partial charge in [-0.25, -0.2) is 0 Å². The average molecular weight is 467 g/mol. The first-order valence-corrected chi connectivity index (χ1v) is 12.4. The van der Waals surface area contributed by atoms with Gasteiger partial charge in [0.25, 0.3) is 5.91 Å². The predicted octanol–water partition coefficient (Wildman–Crippen LogP) is 5.83. The van der Waals surface area contributed by atoms with E-state index in [2.05, 4.69) is 49.8 Å². The van der Waals surface area contributed by atoms with Gasteiger partial charge in [-0.1, -0.05) is 43.6 Å². The Bertz CT molecular complexity index is 1170. The summed E-state index contributed by atoms with van der Waals surface area (Å²) in [6.07, 6.45) is 2.38. The highest BCUT2D eigenvalue weighted by Crippen LogP contribution is 2.56. The van der Waals surface area contributed by atoms with Crippen LogP contribution in [-0.4, -0.2) is 34.3 Å². The molecule has 2 aliphatic rings. The molecule has 32 heavy (non-hydrogen) atoms. The van der Waals surface area contributed by atoms with E-state index < -0.39 is 11.0 Å². The number of rotatable bonds is 4. The quantitative estimate of drug-likeness (QED) is 0.454. The number of ether oxygens (including phenoxy) is 1. The van der Waals surface area contributed by atoms with E-state index in [-0.39, 0.29) is 11.3 Å². The molecule has 5 rings (SSSR count). The van der Waals surface area contributed by atoms with Crippen molar-refractivity contribution in [3.63, 3.8) is 0 Å². The number of aryl methyl sites for hydroxylation is 1. The second kappa shape index (κ2) is 7.60. The number of β-lactam (4-membered cyclic amide) rings is 1. The van der Waals surface area contributed by atoms with E-state index in [9.17, 15) is 4.79 Å². The topological polar surface area (TPSA) is 34.5 Å². The fourth-order valence-corrected chi connectivity index (χ4v) is 6.44. The lowest BCUT2D eigenvalue weighted by Gasteiger charge is -2.56. The van der Waals surface area contributed by atoms with E-state index in [1.807, 2.05) is 47.4 Å². The van der Waals surface area contributed by atoms with E-state index >= 15 is 0 Å². The SMILES string of the molecule is CS[C@]12c3cc(C)n(-c4ccc(Cl)cc4)c3CC(C)(C)CN1C(=O)[C@@H]2Oc1ccccc1. The van der Waals surface area contributed by atoms with Crippen LogP contribution in [0.3, 0.4) is 0 Å². The molecule has 0 bridgehead atoms. The van der Waals surface area contributed by atoms with Gasteiger partial charge in [0.2, 0.25) is 6.10 Å². The molecule has 2 atom stereocenters. The molecule has 1 fully saturated rings. The maximum absolute atomic E-state index is 13.4. The number of halogens is 1. The molecule has 4 nitrogen and oxygen atoms in total. The Morgan fingerprint density at radius 3 is 2.44 bits per heavy atom. The minimum Gasteiger partial charge on any atom is -0.477 e. The number of para-hydroxylation sites is 1. The number of carbonyl (C=O) groups excluding carboxylic acids is 1. The van der Waals surface area contributed by atoms with Gasteiger partial charge in [-0.3, -0.25) is 4.79 Å². The number of carbonyl (C=O) groups is 1. The summed E-state index contributed by atoms with van der Waals surface area (Å²) in [5.41, 5.74) is 4.56. The van der Waals surface area contributed by atoms with Crippen molar-refractivity contribution in [2.75, 3.05) is 12.8 Å². The highest BCUT2D eigenvalue weighted by molar-refractivity contribution is 7.99. The molecule has 3 heterocycles. The van der Waals surface area contributed by atoms with E-state index in [4.69, 9.17) is 16.3 Å². The summed E-state index contributed by atoms with van der Waals surface area (Å²) >= 11 is 7.86. The summed E-state index contributed by atoms with van der Waals surface area (Å²) in [7, 11) is 0. The van der Waals surface area contributed by atoms with E-state index in [0.29, 0.717) is 6.54 Å². The van der Waals surface area contributed by atoms with Crippen LogP contribution in [0.15, 0.2) is 60.7 Å². The number of fused-ring (bicyclic) bond motifs is 3. The summed E-state index contributed by atoms with van der Waals surface area (Å²) in [6, 6.07) is 19.9. The van der Waals surface area contributed by atoms with Crippen molar-refractivity contribution in [3.05, 3.63) is 82.6 Å². The summed E-state index contributed by atoms with van der Waals surface area (Å²) in [5, 5.41) is 0.720. The number of amides is 1. The third-order valence-corrected chi connectivity index (χ3v) is 8.07. The van der Waals surface area contributed by atoms with Gasteiger partial charge in [0, 0.05) is 34.2 Å². The zero-order valence-electron chi connectivity index (χ0n) is 18.8. The molecule has 1 amide bonds. The number of hydrogen-bond acceptors (Lipinski definition) is 3. The van der Waals surface area contributed by atoms with Crippen LogP contribution in [0.5, 0.6) is 5.75 Å². The normalized spacial score (nSPS) is 23.7. The average Bonchev–Trinajstić information content (AvgIpc) is 3.05. The van der Waals surface area contributed by atoms with Gasteiger partial charge in [-0.15, -0.1) is 11.8 Å². The zero-order chi connectivity index (χ0) is 22.7. The first-order chi connectivity index (χ1) is 15.3. The van der Waals surface area contributed by atoms with Crippen LogP contribution in [0.4, 0.5) is 0 Å². The molecular weight excluding hydrogens is 440 g/mol. The molecule has 2 aromatic carbocycles. The highest BCUT2D eigenvalue weighted by Gasteiger charge is 2.66. The Balaban J connectivity index is 1.69. The number of thioether (sulfide) groups is 1. The largest absolute Gasteiger partial charge is 0.477 e. The summed E-state index contributed by atoms with van der Waals surface area (Å²) in [6.45, 7) is 7.29. The summed E-state index contributed by atoms with van der Waals surface area (Å²) in [5.74, 6) is 0.777. The Labute approximate surface area is 198 Å². The number of nitrogens with zero attached hydrogens (tertiary/aromatic N) is 2. The van der Waals surface area contributed by atoms with Crippen molar-refractivity contribution in [1.82, 2.24) is 9.47 Å². The maximum atomic E-state index is 13.4. The molecule has 0 aliphatic carbocycles. The van der Waals surface area contributed by atoms with Crippen molar-refractivity contribution >= 4 is 29.3 Å². The Morgan fingerprint density at radius 1 is 1.09 bits per heavy atom. The van der Waals surface area contributed by atoms with Gasteiger partial charge in [-0.2, -0.15) is 0 Å². The molecule has 3 aromatic rings. The van der Waals surface area contributed by atoms with Crippen LogP contribution in [0, 0.1) is 12.3 Å². The molecule has 166 valence electrons. The van der Waals surface area contributed by atoms with Crippen LogP contribution in [0.25, 0.3) is 5.69 Å². The third-order valence-electron chi connectivity index (χ3n) is 6.54. The molecule has 0 radical (unpaired) electrons. The molecule has 1 aromatic heterocycles. The Kier molecular flexibility index (Phi) is 5.10. The number of hydrogen-bond donors (Lipinski definition) is 0. The molecule has 0 saturated carbocycles. The Morgan fingerprint density at radius 2 is 1.78 bits per heavy atom. The molecule has 1 saturated heterocycles. The predicted molar refractivity (Wildman–Crippen MR) is 131 cm³/mol. The third kappa shape index (κ3) is 3.17. The summed E-state index contributed by atoms with van der Waals surface area (Å²) in [4.78, 5) is 14.9. The van der Waals surface area contributed by atoms with Gasteiger partial charge in [0.1, 0.15) is 5.75 Å². The van der Waals surface area contributed by atoms with Gasteiger partial charge < -0.3 is 14.2 Å². The second-order valence-electron chi connectivity index (χ2n) is 9.43. The minimum atomic E-state index is -0.562. The van der Waals surface area contributed by atoms with Gasteiger partial charge in [0.15, 0.2) is 4.87 Å². The van der Waals surface area contributed by atoms with Crippen LogP contribution in [-0.2, 0) is 16.1 Å². The monoisotopic (exact) mass is 466 g/mol. The summed E-state index contributed by atoms with van der Waals surface area (Å²) < 4.78 is 8.66. The van der Waals surface area contributed by atoms with Crippen LogP contribution in [0.2, 0.25) is 5.02 Å². The minimum absolute atomic E-state index is 0.0565. The fraction of sp³-hybridized carbons (Fsp3) is 0.346. The van der Waals surface area contributed by atoms with E-state index in [0.717, 1.165) is 28.6 Å². The molecule has 0 N–H and O–H groups in total. The van der Waals surface area contributed by atoms with Crippen molar-refractivity contribution in [2.24, 2.45) is 5.41 Å². The molecule has 6 heteroatoms. The highest BCUT2D eigenvalue weighted by atomic mass is 35.5. The Hall–Kier alpha value is -2.37. The standard InChI is InChI=1S/C26H27ClN2O2S/c1-17-14-21-22(29(17)19-12-10-18(27)11-13-19)15-25(2,3)16-28-24(30)23(26(21,28)32-4)31-20-8-6-5-7-9-20/h5-14,23H,15-16H2,1-4H3/t23-,26-/m0/s1. The van der Waals surface area contributed by atoms with Gasteiger partial charge in [-0.05, 0) is 67.5 Å². The first-order valence-electron chi connectivity index (χ1n) is 10.8. The van der Waals surface area contributed by atoms with Crippen LogP contribution in [0.1, 0.15) is 30.8 Å². The van der Waals surface area contributed by atoms with E-state index in [1.165, 1.54) is 11.3 Å². The first kappa shape index (κ1) is 21.5. The lowest BCUT2D eigenvalue weighted by atomic mass is 9.87. The zero-order valence-corrected chi connectivity index (χ0v) is 20.3. The van der Waals surface area contributed by atoms with Gasteiger partial charge >= 0.3 is 0 Å². The lowest BCUT2D eigenvalue weighted by Crippen LogP contribution is -2.72. The lowest BCUT2D eigenvalue weighted by molar-refractivity contribution is -0.171. The maximum Gasteiger partial charge on any atom is 0.269 e. The van der Waals surface area contributed by atoms with Crippen molar-refractivity contribution in [2.45, 2.75) is 38.2 Å². The molecule has 2 aliphatic heterocycles. The van der Waals surface area contributed by atoms with Crippen molar-refractivity contribution in [3.8, 4) is 11.4 Å². The number of aromatic nitrogens is 1. The molecule has 0 unspecified atom stereocenters. The van der Waals surface area contributed by atoms with E-state index in [1.54, 1.807) is 11.8 Å². The van der Waals surface area contributed by atoms with Crippen molar-refractivity contribution < 1.29 is 9.53 Å². The number of benzene rings is 2. The fourth-order valence-electron chi connectivity index (χ4n) is 5.18.